The predicted octanol–water partition coefficient (Wildman–Crippen LogP) is 2.98. The van der Waals surface area contributed by atoms with Gasteiger partial charge in [-0.05, 0) is 44.0 Å². The van der Waals surface area contributed by atoms with Crippen molar-refractivity contribution in [3.05, 3.63) is 24.3 Å². The van der Waals surface area contributed by atoms with Gasteiger partial charge in [-0.1, -0.05) is 13.8 Å². The Morgan fingerprint density at radius 1 is 1.09 bits per heavy atom. The Labute approximate surface area is 139 Å². The van der Waals surface area contributed by atoms with Gasteiger partial charge in [-0.2, -0.15) is 0 Å². The number of anilines is 2. The third kappa shape index (κ3) is 6.30. The molecule has 0 saturated carbocycles. The van der Waals surface area contributed by atoms with Gasteiger partial charge >= 0.3 is 0 Å². The van der Waals surface area contributed by atoms with Crippen LogP contribution in [-0.4, -0.2) is 42.9 Å². The maximum absolute atomic E-state index is 12.1. The lowest BCUT2D eigenvalue weighted by Gasteiger charge is -2.23. The Hall–Kier alpha value is -2.04. The molecule has 0 radical (unpaired) electrons. The maximum atomic E-state index is 12.1. The highest BCUT2D eigenvalue weighted by Crippen LogP contribution is 2.17. The number of carbonyl (C=O) groups excluding carboxylic acids is 2. The Kier molecular flexibility index (Phi) is 7.59. The summed E-state index contributed by atoms with van der Waals surface area (Å²) in [6.45, 7) is 12.4. The molecule has 1 aromatic rings. The molecular formula is C18H29N3O2. The summed E-state index contributed by atoms with van der Waals surface area (Å²) in [6, 6.07) is 7.79. The van der Waals surface area contributed by atoms with E-state index in [2.05, 4.69) is 24.1 Å². The Bertz CT molecular complexity index is 508. The van der Waals surface area contributed by atoms with Crippen molar-refractivity contribution in [1.29, 1.82) is 0 Å². The summed E-state index contributed by atoms with van der Waals surface area (Å²) in [6.07, 6.45) is 0. The molecule has 0 spiro atoms. The molecule has 5 nitrogen and oxygen atoms in total. The van der Waals surface area contributed by atoms with Gasteiger partial charge < -0.3 is 15.1 Å². The fourth-order valence-electron chi connectivity index (χ4n) is 2.46. The van der Waals surface area contributed by atoms with Gasteiger partial charge in [0.15, 0.2) is 0 Å². The zero-order chi connectivity index (χ0) is 17.4. The molecule has 0 aliphatic heterocycles. The first-order valence-corrected chi connectivity index (χ1v) is 8.27. The lowest BCUT2D eigenvalue weighted by atomic mass is 10.2. The van der Waals surface area contributed by atoms with Crippen molar-refractivity contribution < 1.29 is 9.59 Å². The molecule has 128 valence electrons. The summed E-state index contributed by atoms with van der Waals surface area (Å²) in [4.78, 5) is 27.5. The first-order chi connectivity index (χ1) is 10.9. The van der Waals surface area contributed by atoms with E-state index in [-0.39, 0.29) is 18.4 Å². The first kappa shape index (κ1) is 19.0. The number of rotatable bonds is 8. The van der Waals surface area contributed by atoms with Gasteiger partial charge in [0, 0.05) is 37.9 Å². The molecule has 2 amide bonds. The van der Waals surface area contributed by atoms with Crippen LogP contribution < -0.4 is 10.2 Å². The molecule has 0 aliphatic rings. The minimum absolute atomic E-state index is 0.0780. The first-order valence-electron chi connectivity index (χ1n) is 8.27. The standard InChI is InChI=1S/C18H29N3O2/c1-6-20(7-2)17-10-8-16(9-11-17)19-18(23)13-21(15(5)22)12-14(3)4/h8-11,14H,6-7,12-13H2,1-5H3,(H,19,23). The molecule has 0 fully saturated rings. The second kappa shape index (κ2) is 9.18. The second-order valence-corrected chi connectivity index (χ2v) is 6.06. The van der Waals surface area contributed by atoms with Crippen molar-refractivity contribution in [3.8, 4) is 0 Å². The zero-order valence-electron chi connectivity index (χ0n) is 14.9. The molecule has 23 heavy (non-hydrogen) atoms. The average Bonchev–Trinajstić information content (AvgIpc) is 2.49. The SMILES string of the molecule is CCN(CC)c1ccc(NC(=O)CN(CC(C)C)C(C)=O)cc1. The highest BCUT2D eigenvalue weighted by molar-refractivity contribution is 5.94. The maximum Gasteiger partial charge on any atom is 0.243 e. The molecule has 1 N–H and O–H groups in total. The van der Waals surface area contributed by atoms with E-state index in [0.717, 1.165) is 24.5 Å². The number of amides is 2. The zero-order valence-corrected chi connectivity index (χ0v) is 14.9. The molecule has 0 atom stereocenters. The Balaban J connectivity index is 2.64. The number of benzene rings is 1. The van der Waals surface area contributed by atoms with Crippen LogP contribution >= 0.6 is 0 Å². The van der Waals surface area contributed by atoms with E-state index in [0.29, 0.717) is 12.5 Å². The molecule has 0 bridgehead atoms. The lowest BCUT2D eigenvalue weighted by molar-refractivity contribution is -0.133. The van der Waals surface area contributed by atoms with Crippen LogP contribution in [0.4, 0.5) is 11.4 Å². The van der Waals surface area contributed by atoms with Crippen LogP contribution in [0.15, 0.2) is 24.3 Å². The monoisotopic (exact) mass is 319 g/mol. The smallest absolute Gasteiger partial charge is 0.243 e. The number of carbonyl (C=O) groups is 2. The van der Waals surface area contributed by atoms with Crippen LogP contribution in [-0.2, 0) is 9.59 Å². The quantitative estimate of drug-likeness (QED) is 0.801. The topological polar surface area (TPSA) is 52.7 Å². The van der Waals surface area contributed by atoms with Gasteiger partial charge in [-0.25, -0.2) is 0 Å². The van der Waals surface area contributed by atoms with E-state index >= 15 is 0 Å². The third-order valence-corrected chi connectivity index (χ3v) is 3.64. The largest absolute Gasteiger partial charge is 0.372 e. The normalized spacial score (nSPS) is 10.5. The Morgan fingerprint density at radius 3 is 2.09 bits per heavy atom. The molecule has 0 saturated heterocycles. The van der Waals surface area contributed by atoms with Crippen LogP contribution in [0.2, 0.25) is 0 Å². The van der Waals surface area contributed by atoms with Crippen LogP contribution in [0.3, 0.4) is 0 Å². The van der Waals surface area contributed by atoms with E-state index < -0.39 is 0 Å². The van der Waals surface area contributed by atoms with E-state index in [4.69, 9.17) is 0 Å². The number of hydrogen-bond donors (Lipinski definition) is 1. The summed E-state index contributed by atoms with van der Waals surface area (Å²) in [7, 11) is 0. The molecular weight excluding hydrogens is 290 g/mol. The fourth-order valence-corrected chi connectivity index (χ4v) is 2.46. The lowest BCUT2D eigenvalue weighted by Crippen LogP contribution is -2.38. The molecule has 5 heteroatoms. The van der Waals surface area contributed by atoms with Gasteiger partial charge in [0.1, 0.15) is 0 Å². The van der Waals surface area contributed by atoms with E-state index in [9.17, 15) is 9.59 Å². The third-order valence-electron chi connectivity index (χ3n) is 3.64. The van der Waals surface area contributed by atoms with Crippen LogP contribution in [0.25, 0.3) is 0 Å². The van der Waals surface area contributed by atoms with E-state index in [1.54, 1.807) is 4.90 Å². The number of hydrogen-bond acceptors (Lipinski definition) is 3. The van der Waals surface area contributed by atoms with Crippen molar-refractivity contribution >= 4 is 23.2 Å². The van der Waals surface area contributed by atoms with E-state index in [1.165, 1.54) is 6.92 Å². The van der Waals surface area contributed by atoms with Gasteiger partial charge in [-0.15, -0.1) is 0 Å². The minimum atomic E-state index is -0.170. The summed E-state index contributed by atoms with van der Waals surface area (Å²) in [5.41, 5.74) is 1.89. The predicted molar refractivity (Wildman–Crippen MR) is 95.7 cm³/mol. The molecule has 0 aliphatic carbocycles. The van der Waals surface area contributed by atoms with Crippen molar-refractivity contribution in [2.75, 3.05) is 36.4 Å². The number of nitrogens with one attached hydrogen (secondary N) is 1. The van der Waals surface area contributed by atoms with Crippen LogP contribution in [0, 0.1) is 5.92 Å². The van der Waals surface area contributed by atoms with Crippen molar-refractivity contribution in [3.63, 3.8) is 0 Å². The van der Waals surface area contributed by atoms with Crippen LogP contribution in [0.1, 0.15) is 34.6 Å². The molecule has 0 heterocycles. The second-order valence-electron chi connectivity index (χ2n) is 6.06. The highest BCUT2D eigenvalue weighted by Gasteiger charge is 2.15. The molecule has 0 unspecified atom stereocenters. The fraction of sp³-hybridized carbons (Fsp3) is 0.556. The van der Waals surface area contributed by atoms with Crippen molar-refractivity contribution in [2.45, 2.75) is 34.6 Å². The van der Waals surface area contributed by atoms with Crippen LogP contribution in [0.5, 0.6) is 0 Å². The summed E-state index contributed by atoms with van der Waals surface area (Å²) >= 11 is 0. The van der Waals surface area contributed by atoms with Gasteiger partial charge in [0.25, 0.3) is 0 Å². The summed E-state index contributed by atoms with van der Waals surface area (Å²) in [5.74, 6) is 0.0854. The minimum Gasteiger partial charge on any atom is -0.372 e. The summed E-state index contributed by atoms with van der Waals surface area (Å²) < 4.78 is 0. The Morgan fingerprint density at radius 2 is 1.65 bits per heavy atom. The van der Waals surface area contributed by atoms with Crippen molar-refractivity contribution in [1.82, 2.24) is 4.90 Å². The van der Waals surface area contributed by atoms with Crippen molar-refractivity contribution in [2.24, 2.45) is 5.92 Å². The highest BCUT2D eigenvalue weighted by atomic mass is 16.2. The average molecular weight is 319 g/mol. The number of nitrogens with zero attached hydrogens (tertiary/aromatic N) is 2. The molecule has 0 aromatic heterocycles. The van der Waals surface area contributed by atoms with E-state index in [1.807, 2.05) is 38.1 Å². The molecule has 1 rings (SSSR count). The van der Waals surface area contributed by atoms with Gasteiger partial charge in [0.05, 0.1) is 6.54 Å². The summed E-state index contributed by atoms with van der Waals surface area (Å²) in [5, 5.41) is 2.85. The van der Waals surface area contributed by atoms with Gasteiger partial charge in [0.2, 0.25) is 11.8 Å². The molecule has 1 aromatic carbocycles. The van der Waals surface area contributed by atoms with Gasteiger partial charge in [-0.3, -0.25) is 9.59 Å².